The molecule has 4 rings (SSSR count). The molecule has 0 spiro atoms. The van der Waals surface area contributed by atoms with Gasteiger partial charge in [-0.3, -0.25) is 0 Å². The Labute approximate surface area is 175 Å². The number of pyridine rings is 1. The molecule has 1 aliphatic heterocycles. The number of benzene rings is 1. The Kier molecular flexibility index (Phi) is 5.16. The van der Waals surface area contributed by atoms with E-state index in [2.05, 4.69) is 30.0 Å². The summed E-state index contributed by atoms with van der Waals surface area (Å²) in [7, 11) is 0. The standard InChI is InChI=1S/C20H14ClFN6O2/c1-23-15-4-2-11(8-14(15)21)28-7-6-12-16(9-28)24-10-25-19(12)27-17-5-3-13(20(29)30)18(22)26-17/h2-5,8,10H,6-7,9H2,(H,29,30)(H,24,25,26,27). The maximum absolute atomic E-state index is 13.9. The lowest BCUT2D eigenvalue weighted by Crippen LogP contribution is -2.31. The summed E-state index contributed by atoms with van der Waals surface area (Å²) in [6.07, 6.45) is 2.03. The maximum Gasteiger partial charge on any atom is 0.340 e. The largest absolute Gasteiger partial charge is 0.478 e. The number of carboxylic acids is 1. The predicted octanol–water partition coefficient (Wildman–Crippen LogP) is 4.22. The summed E-state index contributed by atoms with van der Waals surface area (Å²) >= 11 is 6.16. The van der Waals surface area contributed by atoms with E-state index in [1.165, 1.54) is 12.4 Å². The third kappa shape index (κ3) is 3.73. The van der Waals surface area contributed by atoms with Crippen molar-refractivity contribution in [3.05, 3.63) is 75.9 Å². The van der Waals surface area contributed by atoms with Gasteiger partial charge in [-0.1, -0.05) is 17.7 Å². The van der Waals surface area contributed by atoms with Gasteiger partial charge in [0.05, 0.1) is 18.8 Å². The maximum atomic E-state index is 13.9. The molecule has 0 bridgehead atoms. The Bertz CT molecular complexity index is 1200. The van der Waals surface area contributed by atoms with Crippen molar-refractivity contribution in [1.82, 2.24) is 15.0 Å². The van der Waals surface area contributed by atoms with E-state index in [0.29, 0.717) is 36.0 Å². The van der Waals surface area contributed by atoms with E-state index in [9.17, 15) is 9.18 Å². The van der Waals surface area contributed by atoms with Crippen LogP contribution in [0.25, 0.3) is 4.85 Å². The zero-order valence-corrected chi connectivity index (χ0v) is 16.2. The van der Waals surface area contributed by atoms with Gasteiger partial charge < -0.3 is 15.3 Å². The van der Waals surface area contributed by atoms with E-state index in [1.54, 1.807) is 12.1 Å². The van der Waals surface area contributed by atoms with Crippen molar-refractivity contribution in [2.24, 2.45) is 0 Å². The molecule has 0 saturated carbocycles. The molecule has 10 heteroatoms. The van der Waals surface area contributed by atoms with E-state index in [1.807, 2.05) is 6.07 Å². The van der Waals surface area contributed by atoms with E-state index in [0.717, 1.165) is 23.0 Å². The molecule has 0 fully saturated rings. The molecule has 2 N–H and O–H groups in total. The van der Waals surface area contributed by atoms with Crippen LogP contribution in [0.4, 0.5) is 27.4 Å². The van der Waals surface area contributed by atoms with Gasteiger partial charge in [-0.05, 0) is 30.7 Å². The molecule has 3 heterocycles. The SMILES string of the molecule is [C-]#[N+]c1ccc(N2CCc3c(ncnc3Nc3ccc(C(=O)O)c(F)n3)C2)cc1Cl. The second kappa shape index (κ2) is 7.93. The summed E-state index contributed by atoms with van der Waals surface area (Å²) < 4.78 is 13.9. The molecule has 1 aromatic carbocycles. The number of halogens is 2. The summed E-state index contributed by atoms with van der Waals surface area (Å²) in [4.78, 5) is 28.7. The molecule has 2 aromatic heterocycles. The van der Waals surface area contributed by atoms with Gasteiger partial charge >= 0.3 is 5.97 Å². The van der Waals surface area contributed by atoms with Gasteiger partial charge in [0.15, 0.2) is 0 Å². The predicted molar refractivity (Wildman–Crippen MR) is 109 cm³/mol. The highest BCUT2D eigenvalue weighted by Crippen LogP contribution is 2.33. The number of aromatic carboxylic acids is 1. The molecule has 1 aliphatic rings. The number of hydrogen-bond donors (Lipinski definition) is 2. The molecule has 0 unspecified atom stereocenters. The molecular formula is C20H14ClFN6O2. The van der Waals surface area contributed by atoms with Crippen LogP contribution in [0.3, 0.4) is 0 Å². The Morgan fingerprint density at radius 1 is 1.30 bits per heavy atom. The van der Waals surface area contributed by atoms with Crippen LogP contribution in [0.1, 0.15) is 21.6 Å². The average Bonchev–Trinajstić information content (AvgIpc) is 2.73. The highest BCUT2D eigenvalue weighted by molar-refractivity contribution is 6.33. The molecule has 3 aromatic rings. The van der Waals surface area contributed by atoms with Crippen molar-refractivity contribution >= 4 is 40.6 Å². The Hall–Kier alpha value is -3.77. The number of carboxylic acid groups (broad SMARTS) is 1. The normalized spacial score (nSPS) is 12.8. The van der Waals surface area contributed by atoms with Crippen LogP contribution in [-0.4, -0.2) is 32.6 Å². The summed E-state index contributed by atoms with van der Waals surface area (Å²) in [6, 6.07) is 7.84. The smallest absolute Gasteiger partial charge is 0.340 e. The fraction of sp³-hybridized carbons (Fsp3) is 0.150. The second-order valence-electron chi connectivity index (χ2n) is 6.53. The fourth-order valence-electron chi connectivity index (χ4n) is 3.25. The monoisotopic (exact) mass is 424 g/mol. The van der Waals surface area contributed by atoms with Gasteiger partial charge in [-0.15, -0.1) is 0 Å². The number of aromatic nitrogens is 3. The van der Waals surface area contributed by atoms with Gasteiger partial charge in [-0.25, -0.2) is 24.6 Å². The lowest BCUT2D eigenvalue weighted by molar-refractivity contribution is 0.0691. The minimum absolute atomic E-state index is 0.155. The molecule has 0 radical (unpaired) electrons. The molecule has 150 valence electrons. The fourth-order valence-corrected chi connectivity index (χ4v) is 3.47. The number of nitrogens with one attached hydrogen (secondary N) is 1. The second-order valence-corrected chi connectivity index (χ2v) is 6.94. The van der Waals surface area contributed by atoms with Crippen molar-refractivity contribution in [2.45, 2.75) is 13.0 Å². The van der Waals surface area contributed by atoms with E-state index < -0.39 is 17.5 Å². The lowest BCUT2D eigenvalue weighted by Gasteiger charge is -2.31. The molecule has 0 aliphatic carbocycles. The van der Waals surface area contributed by atoms with Crippen LogP contribution in [0.15, 0.2) is 36.7 Å². The summed E-state index contributed by atoms with van der Waals surface area (Å²) in [6.45, 7) is 8.29. The zero-order valence-electron chi connectivity index (χ0n) is 15.4. The number of rotatable bonds is 4. The quantitative estimate of drug-likeness (QED) is 0.478. The first-order valence-electron chi connectivity index (χ1n) is 8.88. The van der Waals surface area contributed by atoms with Crippen LogP contribution >= 0.6 is 11.6 Å². The molecular weight excluding hydrogens is 411 g/mol. The molecule has 30 heavy (non-hydrogen) atoms. The van der Waals surface area contributed by atoms with Gasteiger partial charge in [0, 0.05) is 22.8 Å². The van der Waals surface area contributed by atoms with Crippen LogP contribution in [0, 0.1) is 12.5 Å². The number of anilines is 3. The number of carbonyl (C=O) groups is 1. The Morgan fingerprint density at radius 3 is 2.83 bits per heavy atom. The highest BCUT2D eigenvalue weighted by atomic mass is 35.5. The third-order valence-corrected chi connectivity index (χ3v) is 5.05. The first kappa shape index (κ1) is 19.5. The van der Waals surface area contributed by atoms with Crippen LogP contribution in [-0.2, 0) is 13.0 Å². The number of nitrogens with zero attached hydrogens (tertiary/aromatic N) is 5. The average molecular weight is 425 g/mol. The minimum Gasteiger partial charge on any atom is -0.478 e. The lowest BCUT2D eigenvalue weighted by atomic mass is 10.0. The zero-order chi connectivity index (χ0) is 21.3. The van der Waals surface area contributed by atoms with Crippen LogP contribution in [0.2, 0.25) is 5.02 Å². The van der Waals surface area contributed by atoms with Crippen LogP contribution < -0.4 is 10.2 Å². The van der Waals surface area contributed by atoms with E-state index in [4.69, 9.17) is 23.3 Å². The number of hydrogen-bond acceptors (Lipinski definition) is 6. The first-order chi connectivity index (χ1) is 14.5. The van der Waals surface area contributed by atoms with Crippen LogP contribution in [0.5, 0.6) is 0 Å². The van der Waals surface area contributed by atoms with Crippen molar-refractivity contribution in [1.29, 1.82) is 0 Å². The Balaban J connectivity index is 1.57. The number of fused-ring (bicyclic) bond motifs is 1. The van der Waals surface area contributed by atoms with Gasteiger partial charge in [0.2, 0.25) is 11.6 Å². The van der Waals surface area contributed by atoms with E-state index >= 15 is 0 Å². The highest BCUT2D eigenvalue weighted by Gasteiger charge is 2.22. The van der Waals surface area contributed by atoms with Gasteiger partial charge in [0.1, 0.15) is 23.5 Å². The van der Waals surface area contributed by atoms with Gasteiger partial charge in [-0.2, -0.15) is 4.39 Å². The Morgan fingerprint density at radius 2 is 2.13 bits per heavy atom. The van der Waals surface area contributed by atoms with Crippen molar-refractivity contribution in [3.8, 4) is 0 Å². The molecule has 8 nitrogen and oxygen atoms in total. The van der Waals surface area contributed by atoms with E-state index in [-0.39, 0.29) is 5.82 Å². The molecule has 0 saturated heterocycles. The summed E-state index contributed by atoms with van der Waals surface area (Å²) in [5, 5.41) is 12.3. The molecule has 0 amide bonds. The minimum atomic E-state index is -1.38. The summed E-state index contributed by atoms with van der Waals surface area (Å²) in [5.41, 5.74) is 2.47. The molecule has 0 atom stereocenters. The third-order valence-electron chi connectivity index (χ3n) is 4.75. The summed E-state index contributed by atoms with van der Waals surface area (Å²) in [5.74, 6) is -1.80. The van der Waals surface area contributed by atoms with Crippen molar-refractivity contribution in [3.63, 3.8) is 0 Å². The van der Waals surface area contributed by atoms with Crippen molar-refractivity contribution < 1.29 is 14.3 Å². The van der Waals surface area contributed by atoms with Crippen molar-refractivity contribution in [2.75, 3.05) is 16.8 Å². The topological polar surface area (TPSA) is 95.6 Å². The first-order valence-corrected chi connectivity index (χ1v) is 9.25. The van der Waals surface area contributed by atoms with Gasteiger partial charge in [0.25, 0.3) is 0 Å².